The van der Waals surface area contributed by atoms with E-state index in [9.17, 15) is 10.1 Å². The maximum Gasteiger partial charge on any atom is 0.226 e. The molecule has 246 valence electrons. The summed E-state index contributed by atoms with van der Waals surface area (Å²) in [6, 6.07) is 6.32. The minimum atomic E-state index is -0.447. The molecule has 1 spiro atoms. The van der Waals surface area contributed by atoms with Crippen molar-refractivity contribution in [3.05, 3.63) is 51.4 Å². The van der Waals surface area contributed by atoms with Crippen molar-refractivity contribution < 1.29 is 14.1 Å². The van der Waals surface area contributed by atoms with Crippen LogP contribution in [0.15, 0.2) is 22.9 Å². The molecular formula is C34H41N9O3S. The molecule has 1 amide bonds. The number of nitrogens with zero attached hydrogens (tertiary/aromatic N) is 7. The van der Waals surface area contributed by atoms with Gasteiger partial charge in [-0.05, 0) is 97.4 Å². The van der Waals surface area contributed by atoms with Crippen LogP contribution in [0.25, 0.3) is 17.3 Å². The van der Waals surface area contributed by atoms with E-state index in [1.54, 1.807) is 16.9 Å². The van der Waals surface area contributed by atoms with Gasteiger partial charge in [0.2, 0.25) is 11.8 Å². The van der Waals surface area contributed by atoms with Gasteiger partial charge in [0.05, 0.1) is 23.1 Å². The Balaban J connectivity index is 1.29. The molecular weight excluding hydrogens is 615 g/mol. The lowest BCUT2D eigenvalue weighted by molar-refractivity contribution is -0.120. The number of likely N-dealkylation sites (N-methyl/N-ethyl adjacent to an activating group) is 1. The van der Waals surface area contributed by atoms with Crippen LogP contribution < -0.4 is 15.8 Å². The van der Waals surface area contributed by atoms with E-state index in [0.29, 0.717) is 39.5 Å². The van der Waals surface area contributed by atoms with E-state index >= 15 is 0 Å². The zero-order valence-electron chi connectivity index (χ0n) is 27.4. The highest BCUT2D eigenvalue weighted by atomic mass is 32.1. The number of nitrogens with one attached hydrogen (secondary N) is 1. The summed E-state index contributed by atoms with van der Waals surface area (Å²) in [4.78, 5) is 25.8. The summed E-state index contributed by atoms with van der Waals surface area (Å²) in [5.41, 5.74) is 9.68. The second kappa shape index (κ2) is 12.4. The molecule has 0 saturated carbocycles. The molecule has 4 aromatic heterocycles. The van der Waals surface area contributed by atoms with Crippen LogP contribution in [0.5, 0.6) is 5.88 Å². The molecule has 47 heavy (non-hydrogen) atoms. The van der Waals surface area contributed by atoms with Gasteiger partial charge in [-0.15, -0.1) is 11.3 Å². The fourth-order valence-corrected chi connectivity index (χ4v) is 8.99. The summed E-state index contributed by atoms with van der Waals surface area (Å²) in [6.07, 6.45) is 9.36. The molecule has 3 aliphatic rings. The molecule has 2 aliphatic carbocycles. The van der Waals surface area contributed by atoms with Gasteiger partial charge < -0.3 is 20.3 Å². The zero-order chi connectivity index (χ0) is 32.9. The summed E-state index contributed by atoms with van der Waals surface area (Å²) >= 11 is 1.53. The summed E-state index contributed by atoms with van der Waals surface area (Å²) in [7, 11) is 2.13. The Morgan fingerprint density at radius 3 is 2.81 bits per heavy atom. The maximum atomic E-state index is 12.4. The van der Waals surface area contributed by atoms with Gasteiger partial charge >= 0.3 is 0 Å². The molecule has 0 aromatic carbocycles. The molecule has 3 N–H and O–H groups in total. The van der Waals surface area contributed by atoms with Gasteiger partial charge in [0.1, 0.15) is 17.2 Å². The average Bonchev–Trinajstić information content (AvgIpc) is 3.83. The van der Waals surface area contributed by atoms with Gasteiger partial charge in [-0.2, -0.15) is 15.3 Å². The highest BCUT2D eigenvalue weighted by Gasteiger charge is 2.49. The first kappa shape index (κ1) is 31.3. The summed E-state index contributed by atoms with van der Waals surface area (Å²) in [5.74, 6) is 2.03. The third kappa shape index (κ3) is 5.67. The van der Waals surface area contributed by atoms with Crippen molar-refractivity contribution in [1.29, 1.82) is 5.26 Å². The highest BCUT2D eigenvalue weighted by Crippen LogP contribution is 2.55. The van der Waals surface area contributed by atoms with Crippen LogP contribution >= 0.6 is 11.3 Å². The zero-order valence-corrected chi connectivity index (χ0v) is 28.2. The number of rotatable bonds is 8. The molecule has 1 aliphatic heterocycles. The molecule has 1 saturated heterocycles. The van der Waals surface area contributed by atoms with Crippen molar-refractivity contribution in [1.82, 2.24) is 35.1 Å². The lowest BCUT2D eigenvalue weighted by Gasteiger charge is -2.39. The number of aryl methyl sites for hydroxylation is 1. The number of thiophene rings is 1. The topological polar surface area (TPSA) is 161 Å². The number of nitrogen functional groups attached to an aromatic ring is 1. The van der Waals surface area contributed by atoms with E-state index in [1.807, 2.05) is 19.9 Å². The Labute approximate surface area is 278 Å². The molecule has 3 atom stereocenters. The quantitative estimate of drug-likeness (QED) is 0.272. The second-order valence-electron chi connectivity index (χ2n) is 13.4. The number of hydrogen-bond acceptors (Lipinski definition) is 11. The van der Waals surface area contributed by atoms with Crippen molar-refractivity contribution in [2.75, 3.05) is 19.3 Å². The molecule has 0 bridgehead atoms. The van der Waals surface area contributed by atoms with Crippen LogP contribution in [0.1, 0.15) is 92.3 Å². The van der Waals surface area contributed by atoms with E-state index < -0.39 is 5.41 Å². The number of likely N-dealkylation sites (tertiary alicyclic amines) is 1. The number of carbonyl (C=O) groups excluding carboxylic acids is 1. The smallest absolute Gasteiger partial charge is 0.226 e. The van der Waals surface area contributed by atoms with Crippen molar-refractivity contribution in [2.24, 2.45) is 0 Å². The minimum absolute atomic E-state index is 0.0472. The monoisotopic (exact) mass is 655 g/mol. The Bertz CT molecular complexity index is 1850. The maximum absolute atomic E-state index is 12.4. The normalized spacial score (nSPS) is 21.4. The van der Waals surface area contributed by atoms with E-state index in [0.717, 1.165) is 74.8 Å². The molecule has 0 unspecified atom stereocenters. The first-order chi connectivity index (χ1) is 22.7. The molecule has 5 heterocycles. The van der Waals surface area contributed by atoms with Crippen LogP contribution in [0, 0.1) is 11.3 Å². The highest BCUT2D eigenvalue weighted by molar-refractivity contribution is 7.16. The largest absolute Gasteiger partial charge is 0.473 e. The number of anilines is 1. The van der Waals surface area contributed by atoms with Gasteiger partial charge in [0.25, 0.3) is 0 Å². The van der Waals surface area contributed by atoms with Crippen LogP contribution in [0.3, 0.4) is 0 Å². The number of carbonyl (C=O) groups is 1. The van der Waals surface area contributed by atoms with Crippen molar-refractivity contribution in [3.63, 3.8) is 0 Å². The van der Waals surface area contributed by atoms with Gasteiger partial charge in [-0.1, -0.05) is 5.16 Å². The molecule has 12 nitrogen and oxygen atoms in total. The molecule has 7 rings (SSSR count). The second-order valence-corrected chi connectivity index (χ2v) is 14.6. The first-order valence-electron chi connectivity index (χ1n) is 16.6. The van der Waals surface area contributed by atoms with Gasteiger partial charge in [-0.3, -0.25) is 9.69 Å². The number of ether oxygens (including phenoxy) is 1. The van der Waals surface area contributed by atoms with Crippen molar-refractivity contribution in [3.8, 4) is 29.3 Å². The van der Waals surface area contributed by atoms with Gasteiger partial charge in [-0.25, -0.2) is 9.67 Å². The number of aromatic nitrogens is 5. The number of fused-ring (bicyclic) bond motifs is 4. The number of hydrogen-bond donors (Lipinski definition) is 2. The van der Waals surface area contributed by atoms with E-state index in [-0.39, 0.29) is 30.5 Å². The summed E-state index contributed by atoms with van der Waals surface area (Å²) in [5, 5.41) is 22.9. The number of nitrogens with two attached hydrogens (primary N) is 1. The van der Waals surface area contributed by atoms with Crippen LogP contribution in [0.4, 0.5) is 5.00 Å². The first-order valence-corrected chi connectivity index (χ1v) is 17.4. The van der Waals surface area contributed by atoms with E-state index in [4.69, 9.17) is 25.0 Å². The van der Waals surface area contributed by atoms with Gasteiger partial charge in [0.15, 0.2) is 23.1 Å². The lowest BCUT2D eigenvalue weighted by atomic mass is 9.63. The van der Waals surface area contributed by atoms with Crippen molar-refractivity contribution >= 4 is 22.2 Å². The third-order valence-corrected chi connectivity index (χ3v) is 10.9. The Morgan fingerprint density at radius 1 is 1.26 bits per heavy atom. The van der Waals surface area contributed by atoms with Crippen LogP contribution in [-0.2, 0) is 29.5 Å². The predicted octanol–water partition coefficient (Wildman–Crippen LogP) is 4.72. The standard InChI is InChI=1S/C34H41N9O3S/c1-19(2)37-27(44)16-21-11-15-43(40-21)26-17-28(45-20(3)24-9-7-14-42(24)4)39-33(38-26)30-22-8-5-12-34(31(22)46-41-30)13-6-10-25-29(34)23(18-35)32(36)47-25/h11,15,17,19-20,24H,5-10,12-14,16,36H2,1-4H3,(H,37,44)/t20-,24-,34-/m0/s1. The molecule has 1 fully saturated rings. The van der Waals surface area contributed by atoms with Crippen LogP contribution in [0.2, 0.25) is 0 Å². The van der Waals surface area contributed by atoms with E-state index in [2.05, 4.69) is 40.5 Å². The van der Waals surface area contributed by atoms with Gasteiger partial charge in [0, 0.05) is 34.8 Å². The van der Waals surface area contributed by atoms with E-state index in [1.165, 1.54) is 16.2 Å². The molecule has 0 radical (unpaired) electrons. The third-order valence-electron chi connectivity index (χ3n) is 9.86. The fraction of sp³-hybridized carbons (Fsp3) is 0.529. The minimum Gasteiger partial charge on any atom is -0.473 e. The van der Waals surface area contributed by atoms with Crippen molar-refractivity contribution in [2.45, 2.75) is 102 Å². The summed E-state index contributed by atoms with van der Waals surface area (Å²) < 4.78 is 14.4. The Kier molecular flexibility index (Phi) is 8.26. The predicted molar refractivity (Wildman–Crippen MR) is 177 cm³/mol. The Hall–Kier alpha value is -4.28. The number of amides is 1. The average molecular weight is 656 g/mol. The lowest BCUT2D eigenvalue weighted by Crippen LogP contribution is -2.38. The molecule has 13 heteroatoms. The SMILES string of the molecule is CC(C)NC(=O)Cc1ccn(-c2cc(O[C@@H](C)[C@@H]3CCCN3C)nc(-c3noc4c3CCC[C@@]43CCCc4sc(N)c(C#N)c43)n2)n1. The number of nitriles is 1. The Morgan fingerprint density at radius 2 is 2.06 bits per heavy atom. The molecule has 4 aromatic rings. The van der Waals surface area contributed by atoms with Crippen LogP contribution in [-0.4, -0.2) is 67.5 Å². The fourth-order valence-electron chi connectivity index (χ4n) is 7.83. The summed E-state index contributed by atoms with van der Waals surface area (Å²) in [6.45, 7) is 6.98.